The second-order valence-corrected chi connectivity index (χ2v) is 16.6. The van der Waals surface area contributed by atoms with E-state index >= 15 is 0 Å². The van der Waals surface area contributed by atoms with Crippen molar-refractivity contribution in [2.24, 2.45) is 0 Å². The second kappa shape index (κ2) is 21.1. The van der Waals surface area contributed by atoms with E-state index in [1.807, 2.05) is 45.9 Å². The topological polar surface area (TPSA) is 151 Å². The van der Waals surface area contributed by atoms with Crippen LogP contribution in [-0.4, -0.2) is 45.4 Å². The van der Waals surface area contributed by atoms with Gasteiger partial charge in [0, 0.05) is 12.8 Å². The molecule has 10 heteroatoms. The molecule has 0 saturated heterocycles. The first-order chi connectivity index (χ1) is 27.6. The molecule has 0 aliphatic carbocycles. The summed E-state index contributed by atoms with van der Waals surface area (Å²) in [5.41, 5.74) is 16.0. The summed E-state index contributed by atoms with van der Waals surface area (Å²) in [5, 5.41) is 41.5. The fourth-order valence-corrected chi connectivity index (χ4v) is 8.42. The van der Waals surface area contributed by atoms with Gasteiger partial charge in [0.05, 0.1) is 6.10 Å². The second-order valence-electron chi connectivity index (χ2n) is 16.6. The first-order valence-electron chi connectivity index (χ1n) is 20.8. The molecule has 3 N–H and O–H groups in total. The van der Waals surface area contributed by atoms with Gasteiger partial charge in [-0.25, -0.2) is 0 Å². The smallest absolute Gasteiger partial charge is 0.678 e. The van der Waals surface area contributed by atoms with E-state index in [-0.39, 0.29) is 42.0 Å². The summed E-state index contributed by atoms with van der Waals surface area (Å²) in [4.78, 5) is 33.7. The Morgan fingerprint density at radius 1 is 0.746 bits per heavy atom. The number of aliphatic hydroxyl groups is 1. The van der Waals surface area contributed by atoms with Crippen molar-refractivity contribution in [3.63, 3.8) is 0 Å². The molecular formula is C49H62FeN4O5. The summed E-state index contributed by atoms with van der Waals surface area (Å²) in [5.74, 6) is -1.77. The number of allylic oxidation sites excluding steroid dienone is 7. The number of hydrogen-bond donors (Lipinski definition) is 3. The first kappa shape index (κ1) is 47.2. The molecule has 2 unspecified atom stereocenters. The minimum Gasteiger partial charge on any atom is -0.678 e. The predicted octanol–water partition coefficient (Wildman–Crippen LogP) is 10.9. The van der Waals surface area contributed by atoms with Gasteiger partial charge in [0.1, 0.15) is 0 Å². The SMILES string of the molecule is C=Cc1c2[n-]c(c1C)/C=C1\[N-]C(Cc3[n-]c(c(CCC(=O)O)c3C)/C=C3\[N-]C(C2)C(C)=C3CCC(=O)O)C(C)=C1[C@@H](O)CC/C=C(\C)CC/C=C(\C)CCC=C(C)C.[Fe+4]. The molecule has 2 aromatic rings. The third-order valence-corrected chi connectivity index (χ3v) is 12.0. The van der Waals surface area contributed by atoms with Gasteiger partial charge in [0.2, 0.25) is 0 Å². The number of carboxylic acids is 2. The van der Waals surface area contributed by atoms with Gasteiger partial charge < -0.3 is 35.9 Å². The van der Waals surface area contributed by atoms with Crippen LogP contribution in [0.3, 0.4) is 0 Å². The van der Waals surface area contributed by atoms with Crippen LogP contribution in [0.1, 0.15) is 144 Å². The molecule has 0 saturated carbocycles. The predicted molar refractivity (Wildman–Crippen MR) is 236 cm³/mol. The van der Waals surface area contributed by atoms with Gasteiger partial charge in [0.25, 0.3) is 0 Å². The number of aromatic nitrogens is 2. The van der Waals surface area contributed by atoms with Crippen LogP contribution >= 0.6 is 0 Å². The van der Waals surface area contributed by atoms with Gasteiger partial charge in [-0.15, -0.1) is 22.8 Å². The van der Waals surface area contributed by atoms with Crippen molar-refractivity contribution in [2.75, 3.05) is 0 Å². The van der Waals surface area contributed by atoms with Crippen molar-refractivity contribution in [1.29, 1.82) is 0 Å². The minimum absolute atomic E-state index is 0. The Morgan fingerprint density at radius 3 is 1.95 bits per heavy atom. The monoisotopic (exact) mass is 842 g/mol. The minimum atomic E-state index is -0.891. The zero-order chi connectivity index (χ0) is 42.3. The van der Waals surface area contributed by atoms with Crippen LogP contribution in [-0.2, 0) is 45.9 Å². The van der Waals surface area contributed by atoms with Crippen molar-refractivity contribution in [3.05, 3.63) is 131 Å². The van der Waals surface area contributed by atoms with Gasteiger partial charge in [-0.2, -0.15) is 11.4 Å². The molecule has 0 spiro atoms. The van der Waals surface area contributed by atoms with Crippen molar-refractivity contribution < 1.29 is 42.0 Å². The van der Waals surface area contributed by atoms with E-state index in [0.29, 0.717) is 43.5 Å². The van der Waals surface area contributed by atoms with Crippen molar-refractivity contribution in [3.8, 4) is 0 Å². The van der Waals surface area contributed by atoms with Crippen LogP contribution in [0.25, 0.3) is 28.9 Å². The number of aliphatic hydroxyl groups excluding tert-OH is 1. The summed E-state index contributed by atoms with van der Waals surface area (Å²) in [7, 11) is 0. The van der Waals surface area contributed by atoms with E-state index in [4.69, 9.17) is 20.6 Å². The normalized spacial score (nSPS) is 20.2. The number of fused-ring (bicyclic) bond motifs is 8. The Kier molecular flexibility index (Phi) is 16.9. The molecule has 3 aliphatic rings. The van der Waals surface area contributed by atoms with Gasteiger partial charge in [-0.1, -0.05) is 118 Å². The van der Waals surface area contributed by atoms with Crippen LogP contribution in [0.2, 0.25) is 0 Å². The van der Waals surface area contributed by atoms with Crippen molar-refractivity contribution in [2.45, 2.75) is 151 Å². The molecule has 2 aromatic heterocycles. The molecule has 316 valence electrons. The molecule has 0 amide bonds. The molecule has 8 bridgehead atoms. The summed E-state index contributed by atoms with van der Waals surface area (Å²) >= 11 is 0. The molecule has 5 rings (SSSR count). The average molecular weight is 843 g/mol. The van der Waals surface area contributed by atoms with Crippen LogP contribution in [0, 0.1) is 13.8 Å². The largest absolute Gasteiger partial charge is 4.00 e. The van der Waals surface area contributed by atoms with E-state index in [2.05, 4.69) is 52.5 Å². The Labute approximate surface area is 362 Å². The number of carbonyl (C=O) groups is 2. The van der Waals surface area contributed by atoms with Gasteiger partial charge in [-0.05, 0) is 118 Å². The van der Waals surface area contributed by atoms with E-state index in [9.17, 15) is 24.9 Å². The molecule has 5 heterocycles. The number of rotatable bonds is 17. The standard InChI is InChI=1S/C49H62N4O5.Fe/c1-10-35-31(6)40-26-45-49(46(54)19-13-18-30(5)17-12-16-29(4)15-11-14-28(2)3)34(9)41(53-45)24-38-32(7)36(20-22-47(55)56)43(51-38)27-44-37(21-23-48(57)58)33(8)39(52-44)25-42(35)50-40;/h10,14,16,18,26-27,39,41,46,54H,1,11-13,15,17,19-25H2,2-9H3,(H,55,56)(H,57,58);/q-4;+4/b29-16+,30-18+,44-27-,45-26-;/t39?,41?,46-;/m0./s1. The average Bonchev–Trinajstić information content (AvgIpc) is 3.82. The number of aliphatic carboxylic acids is 2. The molecular weight excluding hydrogens is 780 g/mol. The molecule has 0 fully saturated rings. The summed E-state index contributed by atoms with van der Waals surface area (Å²) in [6.07, 6.45) is 18.9. The third kappa shape index (κ3) is 11.8. The van der Waals surface area contributed by atoms with Crippen molar-refractivity contribution in [1.82, 2.24) is 9.97 Å². The van der Waals surface area contributed by atoms with E-state index in [1.54, 1.807) is 0 Å². The zero-order valence-corrected chi connectivity index (χ0v) is 37.3. The maximum absolute atomic E-state index is 11.9. The fourth-order valence-electron chi connectivity index (χ4n) is 8.42. The molecule has 0 radical (unpaired) electrons. The first-order valence-corrected chi connectivity index (χ1v) is 20.8. The number of carboxylic acid groups (broad SMARTS) is 2. The quantitative estimate of drug-likeness (QED) is 0.106. The molecule has 9 nitrogen and oxygen atoms in total. The zero-order valence-electron chi connectivity index (χ0n) is 36.2. The van der Waals surface area contributed by atoms with Crippen LogP contribution < -0.4 is 9.97 Å². The summed E-state index contributed by atoms with van der Waals surface area (Å²) in [6, 6.07) is -0.546. The summed E-state index contributed by atoms with van der Waals surface area (Å²) in [6.45, 7) is 20.9. The Bertz CT molecular complexity index is 2130. The third-order valence-electron chi connectivity index (χ3n) is 12.0. The fraction of sp³-hybridized carbons (Fsp3) is 0.469. The number of hydrogen-bond acceptors (Lipinski definition) is 3. The van der Waals surface area contributed by atoms with E-state index in [0.717, 1.165) is 99.4 Å². The molecule has 3 aliphatic heterocycles. The Hall–Kier alpha value is -4.50. The molecule has 0 aromatic carbocycles. The van der Waals surface area contributed by atoms with Crippen LogP contribution in [0.15, 0.2) is 75.2 Å². The molecule has 3 atom stereocenters. The van der Waals surface area contributed by atoms with Crippen molar-refractivity contribution >= 4 is 30.2 Å². The maximum Gasteiger partial charge on any atom is 4.00 e. The molecule has 59 heavy (non-hydrogen) atoms. The van der Waals surface area contributed by atoms with E-state index < -0.39 is 18.0 Å². The van der Waals surface area contributed by atoms with Crippen LogP contribution in [0.5, 0.6) is 0 Å². The summed E-state index contributed by atoms with van der Waals surface area (Å²) < 4.78 is 0. The number of nitrogens with zero attached hydrogens (tertiary/aromatic N) is 4. The van der Waals surface area contributed by atoms with Gasteiger partial charge >= 0.3 is 29.0 Å². The van der Waals surface area contributed by atoms with E-state index in [1.165, 1.54) is 16.7 Å². The van der Waals surface area contributed by atoms with Gasteiger partial charge in [0.15, 0.2) is 0 Å². The van der Waals surface area contributed by atoms with Crippen LogP contribution in [0.4, 0.5) is 0 Å². The Morgan fingerprint density at radius 2 is 1.31 bits per heavy atom. The van der Waals surface area contributed by atoms with Gasteiger partial charge in [-0.3, -0.25) is 9.59 Å². The Balaban J connectivity index is 0.00000769. The maximum atomic E-state index is 11.9.